The Hall–Kier alpha value is -0.870. The average Bonchev–Trinajstić information content (AvgIpc) is 2.50. The quantitative estimate of drug-likeness (QED) is 0.600. The second kappa shape index (κ2) is 9.00. The van der Waals surface area contributed by atoms with Gasteiger partial charge < -0.3 is 15.3 Å². The number of nitrogens with one attached hydrogen (secondary N) is 1. The van der Waals surface area contributed by atoms with E-state index in [9.17, 15) is 14.6 Å². The molecule has 0 heterocycles. The van der Waals surface area contributed by atoms with E-state index in [-0.39, 0.29) is 18.9 Å². The van der Waals surface area contributed by atoms with Crippen LogP contribution < -0.4 is 5.32 Å². The fraction of sp³-hybridized carbons (Fsp3) is 0.294. The molecule has 2 rings (SSSR count). The summed E-state index contributed by atoms with van der Waals surface area (Å²) in [6.45, 7) is 0.710. The second-order valence-corrected chi connectivity index (χ2v) is 8.89. The first kappa shape index (κ1) is 19.5. The van der Waals surface area contributed by atoms with E-state index < -0.39 is 13.5 Å². The van der Waals surface area contributed by atoms with Crippen molar-refractivity contribution in [1.29, 1.82) is 0 Å². The lowest BCUT2D eigenvalue weighted by molar-refractivity contribution is 0.190. The minimum atomic E-state index is -3.43. The van der Waals surface area contributed by atoms with E-state index in [4.69, 9.17) is 23.2 Å². The van der Waals surface area contributed by atoms with Crippen LogP contribution in [0.3, 0.4) is 0 Å². The van der Waals surface area contributed by atoms with E-state index in [1.165, 1.54) is 0 Å². The van der Waals surface area contributed by atoms with Crippen LogP contribution >= 0.6 is 30.6 Å². The maximum atomic E-state index is 12.2. The number of rotatable bonds is 8. The maximum absolute atomic E-state index is 12.2. The fourth-order valence-corrected chi connectivity index (χ4v) is 4.38. The van der Waals surface area contributed by atoms with Gasteiger partial charge in [0.1, 0.15) is 0 Å². The van der Waals surface area contributed by atoms with E-state index >= 15 is 0 Å². The zero-order chi connectivity index (χ0) is 17.6. The summed E-state index contributed by atoms with van der Waals surface area (Å²) in [6, 6.07) is 14.4. The lowest BCUT2D eigenvalue weighted by Crippen LogP contribution is -2.29. The van der Waals surface area contributed by atoms with Gasteiger partial charge in [0.2, 0.25) is 7.37 Å². The first-order valence-electron chi connectivity index (χ1n) is 7.53. The summed E-state index contributed by atoms with van der Waals surface area (Å²) in [7, 11) is -3.43. The molecular weight excluding hydrogens is 368 g/mol. The van der Waals surface area contributed by atoms with E-state index in [1.807, 2.05) is 24.3 Å². The number of halogens is 2. The van der Waals surface area contributed by atoms with Gasteiger partial charge in [0.25, 0.3) is 0 Å². The molecule has 24 heavy (non-hydrogen) atoms. The second-order valence-electron chi connectivity index (χ2n) is 5.71. The van der Waals surface area contributed by atoms with Crippen molar-refractivity contribution in [3.63, 3.8) is 0 Å². The van der Waals surface area contributed by atoms with Gasteiger partial charge in [-0.3, -0.25) is 4.57 Å². The van der Waals surface area contributed by atoms with Gasteiger partial charge in [-0.2, -0.15) is 0 Å². The first-order valence-corrected chi connectivity index (χ1v) is 10.3. The molecule has 0 aliphatic carbocycles. The third-order valence-corrected chi connectivity index (χ3v) is 6.05. The average molecular weight is 388 g/mol. The molecule has 0 aliphatic rings. The molecule has 0 aromatic heterocycles. The Kier molecular flexibility index (Phi) is 7.30. The molecule has 3 N–H and O–H groups in total. The molecule has 0 fully saturated rings. The molecule has 0 saturated carbocycles. The molecule has 2 aromatic rings. The molecule has 0 spiro atoms. The highest BCUT2D eigenvalue weighted by atomic mass is 35.5. The fourth-order valence-electron chi connectivity index (χ4n) is 2.36. The molecule has 2 atom stereocenters. The van der Waals surface area contributed by atoms with Gasteiger partial charge in [-0.1, -0.05) is 59.6 Å². The van der Waals surface area contributed by atoms with Crippen LogP contribution in [0.15, 0.2) is 48.5 Å². The minimum absolute atomic E-state index is 0.0672. The van der Waals surface area contributed by atoms with Crippen molar-refractivity contribution < 1.29 is 14.6 Å². The summed E-state index contributed by atoms with van der Waals surface area (Å²) < 4.78 is 12.2. The molecule has 2 aromatic carbocycles. The molecule has 0 radical (unpaired) electrons. The molecule has 4 nitrogen and oxygen atoms in total. The smallest absolute Gasteiger partial charge is 0.207 e. The van der Waals surface area contributed by atoms with Crippen molar-refractivity contribution in [1.82, 2.24) is 5.32 Å². The Balaban J connectivity index is 1.78. The highest BCUT2D eigenvalue weighted by molar-refractivity contribution is 7.57. The molecule has 130 valence electrons. The number of hydrogen-bond acceptors (Lipinski definition) is 3. The predicted molar refractivity (Wildman–Crippen MR) is 99.0 cm³/mol. The van der Waals surface area contributed by atoms with Crippen LogP contribution in [0.25, 0.3) is 0 Å². The zero-order valence-corrected chi connectivity index (χ0v) is 15.4. The van der Waals surface area contributed by atoms with Crippen molar-refractivity contribution >= 4 is 30.6 Å². The van der Waals surface area contributed by atoms with Crippen LogP contribution in [0.2, 0.25) is 10.0 Å². The molecule has 0 amide bonds. The van der Waals surface area contributed by atoms with Crippen LogP contribution in [-0.4, -0.2) is 28.8 Å². The van der Waals surface area contributed by atoms with Crippen LogP contribution in [0, 0.1) is 0 Å². The summed E-state index contributed by atoms with van der Waals surface area (Å²) in [5, 5.41) is 14.0. The Labute approximate surface area is 151 Å². The lowest BCUT2D eigenvalue weighted by Gasteiger charge is -2.17. The molecule has 1 unspecified atom stereocenters. The highest BCUT2D eigenvalue weighted by Crippen LogP contribution is 2.44. The minimum Gasteiger partial charge on any atom is -0.391 e. The zero-order valence-electron chi connectivity index (χ0n) is 13.0. The molecular formula is C17H20Cl2NO3P. The van der Waals surface area contributed by atoms with Gasteiger partial charge in [-0.15, -0.1) is 0 Å². The van der Waals surface area contributed by atoms with Gasteiger partial charge in [0.05, 0.1) is 22.3 Å². The van der Waals surface area contributed by atoms with Crippen molar-refractivity contribution in [2.24, 2.45) is 0 Å². The summed E-state index contributed by atoms with van der Waals surface area (Å²) in [5.74, 6) is 0. The maximum Gasteiger partial charge on any atom is 0.207 e. The van der Waals surface area contributed by atoms with Gasteiger partial charge in [-0.05, 0) is 23.3 Å². The van der Waals surface area contributed by atoms with Gasteiger partial charge >= 0.3 is 0 Å². The SMILES string of the molecule is O=P(O)(Cc1ccccc1)C[C@@H](O)CNCc1ccc(Cl)c(Cl)c1. The Morgan fingerprint density at radius 3 is 2.42 bits per heavy atom. The van der Waals surface area contributed by atoms with Crippen molar-refractivity contribution in [3.05, 3.63) is 69.7 Å². The standard InChI is InChI=1S/C17H20Cl2NO3P/c18-16-7-6-14(8-17(16)19)9-20-10-15(21)12-24(22,23)11-13-4-2-1-3-5-13/h1-8,15,20-21H,9-12H2,(H,22,23)/t15-/m0/s1. The summed E-state index contributed by atoms with van der Waals surface area (Å²) >= 11 is 11.8. The summed E-state index contributed by atoms with van der Waals surface area (Å²) in [5.41, 5.74) is 1.72. The normalized spacial score (nSPS) is 15.0. The van der Waals surface area contributed by atoms with Crippen LogP contribution in [0.1, 0.15) is 11.1 Å². The number of aliphatic hydroxyl groups is 1. The topological polar surface area (TPSA) is 69.6 Å². The van der Waals surface area contributed by atoms with Gasteiger partial charge in [-0.25, -0.2) is 0 Å². The first-order chi connectivity index (χ1) is 11.4. The Morgan fingerprint density at radius 2 is 1.75 bits per heavy atom. The molecule has 7 heteroatoms. The molecule has 0 aliphatic heterocycles. The van der Waals surface area contributed by atoms with Crippen LogP contribution in [0.4, 0.5) is 0 Å². The van der Waals surface area contributed by atoms with E-state index in [1.54, 1.807) is 24.3 Å². The summed E-state index contributed by atoms with van der Waals surface area (Å²) in [4.78, 5) is 10.1. The summed E-state index contributed by atoms with van der Waals surface area (Å²) in [6.07, 6.45) is -0.971. The third kappa shape index (κ3) is 6.56. The van der Waals surface area contributed by atoms with E-state index in [0.717, 1.165) is 11.1 Å². The predicted octanol–water partition coefficient (Wildman–Crippen LogP) is 3.91. The van der Waals surface area contributed by atoms with E-state index in [0.29, 0.717) is 16.6 Å². The van der Waals surface area contributed by atoms with Crippen molar-refractivity contribution in [2.45, 2.75) is 18.8 Å². The van der Waals surface area contributed by atoms with E-state index in [2.05, 4.69) is 5.32 Å². The van der Waals surface area contributed by atoms with Crippen LogP contribution in [-0.2, 0) is 17.3 Å². The Morgan fingerprint density at radius 1 is 1.04 bits per heavy atom. The molecule has 0 bridgehead atoms. The van der Waals surface area contributed by atoms with Crippen molar-refractivity contribution in [2.75, 3.05) is 12.7 Å². The van der Waals surface area contributed by atoms with Crippen molar-refractivity contribution in [3.8, 4) is 0 Å². The Bertz CT molecular complexity index is 712. The molecule has 0 saturated heterocycles. The van der Waals surface area contributed by atoms with Crippen LogP contribution in [0.5, 0.6) is 0 Å². The number of benzene rings is 2. The monoisotopic (exact) mass is 387 g/mol. The largest absolute Gasteiger partial charge is 0.391 e. The number of aliphatic hydroxyl groups excluding tert-OH is 1. The third-order valence-electron chi connectivity index (χ3n) is 3.46. The van der Waals surface area contributed by atoms with Gasteiger partial charge in [0, 0.05) is 19.3 Å². The lowest BCUT2D eigenvalue weighted by atomic mass is 10.2. The highest BCUT2D eigenvalue weighted by Gasteiger charge is 2.23. The van der Waals surface area contributed by atoms with Gasteiger partial charge in [0.15, 0.2) is 0 Å². The number of hydrogen-bond donors (Lipinski definition) is 3.